The summed E-state index contributed by atoms with van der Waals surface area (Å²) in [7, 11) is -2.44. The molecule has 2 rings (SSSR count). The SMILES string of the molecule is COc1ccc(S(=O)(=O)NC(Cc2ccsc2)C(=O)O)cc1. The molecule has 0 radical (unpaired) electrons. The molecule has 2 N–H and O–H groups in total. The third-order valence-electron chi connectivity index (χ3n) is 2.99. The number of nitrogens with one attached hydrogen (secondary N) is 1. The van der Waals surface area contributed by atoms with Crippen LogP contribution in [-0.4, -0.2) is 32.6 Å². The van der Waals surface area contributed by atoms with Crippen molar-refractivity contribution in [2.75, 3.05) is 7.11 Å². The topological polar surface area (TPSA) is 92.7 Å². The van der Waals surface area contributed by atoms with E-state index in [9.17, 15) is 18.3 Å². The fraction of sp³-hybridized carbons (Fsp3) is 0.214. The van der Waals surface area contributed by atoms with Crippen LogP contribution in [0.4, 0.5) is 0 Å². The number of carboxylic acid groups (broad SMARTS) is 1. The van der Waals surface area contributed by atoms with Crippen molar-refractivity contribution < 1.29 is 23.1 Å². The summed E-state index contributed by atoms with van der Waals surface area (Å²) < 4.78 is 31.7. The lowest BCUT2D eigenvalue weighted by Crippen LogP contribution is -2.42. The number of carbonyl (C=O) groups is 1. The average molecular weight is 341 g/mol. The van der Waals surface area contributed by atoms with E-state index in [-0.39, 0.29) is 11.3 Å². The fourth-order valence-corrected chi connectivity index (χ4v) is 3.70. The van der Waals surface area contributed by atoms with Gasteiger partial charge in [-0.1, -0.05) is 0 Å². The van der Waals surface area contributed by atoms with E-state index in [4.69, 9.17) is 4.74 Å². The van der Waals surface area contributed by atoms with Gasteiger partial charge in [-0.3, -0.25) is 4.79 Å². The van der Waals surface area contributed by atoms with Gasteiger partial charge in [0.2, 0.25) is 10.0 Å². The lowest BCUT2D eigenvalue weighted by molar-refractivity contribution is -0.138. The van der Waals surface area contributed by atoms with Gasteiger partial charge in [0.1, 0.15) is 11.8 Å². The van der Waals surface area contributed by atoms with Gasteiger partial charge in [0, 0.05) is 6.42 Å². The molecule has 2 aromatic rings. The monoisotopic (exact) mass is 341 g/mol. The molecule has 1 aromatic carbocycles. The highest BCUT2D eigenvalue weighted by Gasteiger charge is 2.25. The summed E-state index contributed by atoms with van der Waals surface area (Å²) >= 11 is 1.43. The molecular weight excluding hydrogens is 326 g/mol. The Kier molecular flexibility index (Phi) is 5.17. The highest BCUT2D eigenvalue weighted by atomic mass is 32.2. The molecule has 0 spiro atoms. The quantitative estimate of drug-likeness (QED) is 0.800. The summed E-state index contributed by atoms with van der Waals surface area (Å²) in [6.45, 7) is 0. The average Bonchev–Trinajstić information content (AvgIpc) is 2.99. The van der Waals surface area contributed by atoms with Crippen LogP contribution in [-0.2, 0) is 21.2 Å². The number of ether oxygens (including phenoxy) is 1. The van der Waals surface area contributed by atoms with Crippen molar-refractivity contribution in [2.24, 2.45) is 0 Å². The molecule has 0 fully saturated rings. The first-order valence-electron chi connectivity index (χ1n) is 6.32. The number of hydrogen-bond donors (Lipinski definition) is 2. The Morgan fingerprint density at radius 3 is 2.50 bits per heavy atom. The molecule has 0 saturated heterocycles. The number of benzene rings is 1. The summed E-state index contributed by atoms with van der Waals surface area (Å²) in [5, 5.41) is 12.8. The minimum atomic E-state index is -3.92. The summed E-state index contributed by atoms with van der Waals surface area (Å²) in [6.07, 6.45) is 0.0915. The zero-order valence-corrected chi connectivity index (χ0v) is 13.4. The normalized spacial score (nSPS) is 12.8. The molecule has 0 aliphatic rings. The van der Waals surface area contributed by atoms with Crippen molar-refractivity contribution in [3.8, 4) is 5.75 Å². The van der Waals surface area contributed by atoms with Crippen LogP contribution in [0.15, 0.2) is 46.0 Å². The number of carboxylic acids is 1. The third kappa shape index (κ3) is 4.06. The summed E-state index contributed by atoms with van der Waals surface area (Å²) in [5.74, 6) is -0.699. The van der Waals surface area contributed by atoms with E-state index >= 15 is 0 Å². The van der Waals surface area contributed by atoms with Crippen LogP contribution in [0, 0.1) is 0 Å². The van der Waals surface area contributed by atoms with Crippen LogP contribution < -0.4 is 9.46 Å². The summed E-state index contributed by atoms with van der Waals surface area (Å²) in [6, 6.07) is 6.28. The van der Waals surface area contributed by atoms with E-state index in [0.29, 0.717) is 5.75 Å². The maximum absolute atomic E-state index is 12.3. The van der Waals surface area contributed by atoms with Gasteiger partial charge in [-0.15, -0.1) is 0 Å². The summed E-state index contributed by atoms with van der Waals surface area (Å²) in [4.78, 5) is 11.3. The Morgan fingerprint density at radius 2 is 2.00 bits per heavy atom. The predicted octanol–water partition coefficient (Wildman–Crippen LogP) is 1.73. The van der Waals surface area contributed by atoms with Crippen LogP contribution in [0.25, 0.3) is 0 Å². The maximum atomic E-state index is 12.3. The Balaban J connectivity index is 2.18. The molecule has 1 aromatic heterocycles. The molecule has 0 aliphatic heterocycles. The highest BCUT2D eigenvalue weighted by Crippen LogP contribution is 2.16. The fourth-order valence-electron chi connectivity index (χ4n) is 1.83. The second-order valence-electron chi connectivity index (χ2n) is 4.52. The number of aliphatic carboxylic acids is 1. The van der Waals surface area contributed by atoms with E-state index in [1.165, 1.54) is 42.7 Å². The molecule has 0 aliphatic carbocycles. The molecule has 6 nitrogen and oxygen atoms in total. The van der Waals surface area contributed by atoms with Gasteiger partial charge in [-0.05, 0) is 46.7 Å². The van der Waals surface area contributed by atoms with E-state index < -0.39 is 22.0 Å². The lowest BCUT2D eigenvalue weighted by Gasteiger charge is -2.14. The van der Waals surface area contributed by atoms with Gasteiger partial charge in [-0.25, -0.2) is 8.42 Å². The van der Waals surface area contributed by atoms with E-state index in [0.717, 1.165) is 5.56 Å². The van der Waals surface area contributed by atoms with Gasteiger partial charge in [0.05, 0.1) is 12.0 Å². The molecule has 0 saturated carbocycles. The second-order valence-corrected chi connectivity index (χ2v) is 7.02. The van der Waals surface area contributed by atoms with Crippen molar-refractivity contribution in [1.82, 2.24) is 4.72 Å². The zero-order valence-electron chi connectivity index (χ0n) is 11.7. The first-order chi connectivity index (χ1) is 10.4. The number of hydrogen-bond acceptors (Lipinski definition) is 5. The molecule has 118 valence electrons. The van der Waals surface area contributed by atoms with Crippen molar-refractivity contribution in [3.63, 3.8) is 0 Å². The zero-order chi connectivity index (χ0) is 16.2. The van der Waals surface area contributed by atoms with Crippen LogP contribution >= 0.6 is 11.3 Å². The van der Waals surface area contributed by atoms with Gasteiger partial charge in [0.25, 0.3) is 0 Å². The Bertz CT molecular complexity index is 723. The highest BCUT2D eigenvalue weighted by molar-refractivity contribution is 7.89. The maximum Gasteiger partial charge on any atom is 0.322 e. The molecule has 8 heteroatoms. The predicted molar refractivity (Wildman–Crippen MR) is 82.8 cm³/mol. The van der Waals surface area contributed by atoms with E-state index in [2.05, 4.69) is 4.72 Å². The minimum absolute atomic E-state index is 0.00938. The smallest absolute Gasteiger partial charge is 0.322 e. The van der Waals surface area contributed by atoms with Gasteiger partial charge >= 0.3 is 5.97 Å². The van der Waals surface area contributed by atoms with Gasteiger partial charge < -0.3 is 9.84 Å². The Labute approximate surface area is 132 Å². The molecule has 0 bridgehead atoms. The standard InChI is InChI=1S/C14H15NO5S2/c1-20-11-2-4-12(5-3-11)22(18,19)15-13(14(16)17)8-10-6-7-21-9-10/h2-7,9,13,15H,8H2,1H3,(H,16,17). The minimum Gasteiger partial charge on any atom is -0.497 e. The van der Waals surface area contributed by atoms with Gasteiger partial charge in [-0.2, -0.15) is 16.1 Å². The molecule has 1 atom stereocenters. The molecule has 1 heterocycles. The second kappa shape index (κ2) is 6.91. The van der Waals surface area contributed by atoms with Crippen molar-refractivity contribution in [3.05, 3.63) is 46.7 Å². The molecule has 1 unspecified atom stereocenters. The largest absolute Gasteiger partial charge is 0.497 e. The van der Waals surface area contributed by atoms with Crippen LogP contribution in [0.2, 0.25) is 0 Å². The lowest BCUT2D eigenvalue weighted by atomic mass is 10.1. The third-order valence-corrected chi connectivity index (χ3v) is 5.20. The van der Waals surface area contributed by atoms with Crippen molar-refractivity contribution >= 4 is 27.3 Å². The van der Waals surface area contributed by atoms with E-state index in [1.54, 1.807) is 11.4 Å². The summed E-state index contributed by atoms with van der Waals surface area (Å²) in [5.41, 5.74) is 0.773. The molecule has 0 amide bonds. The van der Waals surface area contributed by atoms with Crippen molar-refractivity contribution in [1.29, 1.82) is 0 Å². The number of thiophene rings is 1. The van der Waals surface area contributed by atoms with Crippen LogP contribution in [0.5, 0.6) is 5.75 Å². The first kappa shape index (κ1) is 16.5. The molecule has 22 heavy (non-hydrogen) atoms. The Morgan fingerprint density at radius 1 is 1.32 bits per heavy atom. The van der Waals surface area contributed by atoms with Gasteiger partial charge in [0.15, 0.2) is 0 Å². The molecular formula is C14H15NO5S2. The number of rotatable bonds is 7. The number of sulfonamides is 1. The van der Waals surface area contributed by atoms with E-state index in [1.807, 2.05) is 5.38 Å². The first-order valence-corrected chi connectivity index (χ1v) is 8.75. The van der Waals surface area contributed by atoms with Crippen LogP contribution in [0.1, 0.15) is 5.56 Å². The van der Waals surface area contributed by atoms with Crippen molar-refractivity contribution in [2.45, 2.75) is 17.4 Å². The number of methoxy groups -OCH3 is 1. The van der Waals surface area contributed by atoms with Crippen LogP contribution in [0.3, 0.4) is 0 Å². The Hall–Kier alpha value is -1.90.